The maximum atomic E-state index is 11.5. The fourth-order valence-electron chi connectivity index (χ4n) is 1.24. The number of hydrogen-bond acceptors (Lipinski definition) is 4. The second-order valence-corrected chi connectivity index (χ2v) is 5.84. The normalized spacial score (nSPS) is 15.4. The lowest BCUT2D eigenvalue weighted by atomic mass is 10.1. The smallest absolute Gasteiger partial charge is 0.227 e. The van der Waals surface area contributed by atoms with Gasteiger partial charge in [0.25, 0.3) is 0 Å². The molecular weight excluding hydrogens is 228 g/mol. The standard InChI is InChI=1S/C10H20N2O3S/c1-3-10(7-11)16(14,15)12-6-4-5-9(2)8-13/h9-10,12-13H,3-6,8H2,1-2H3. The van der Waals surface area contributed by atoms with E-state index >= 15 is 0 Å². The van der Waals surface area contributed by atoms with Crippen LogP contribution in [0.1, 0.15) is 33.1 Å². The van der Waals surface area contributed by atoms with Crippen molar-refractivity contribution in [1.82, 2.24) is 4.72 Å². The number of hydrogen-bond donors (Lipinski definition) is 2. The molecule has 0 aromatic carbocycles. The topological polar surface area (TPSA) is 90.2 Å². The Morgan fingerprint density at radius 3 is 2.56 bits per heavy atom. The van der Waals surface area contributed by atoms with Gasteiger partial charge in [0.2, 0.25) is 10.0 Å². The molecule has 0 heterocycles. The highest BCUT2D eigenvalue weighted by Gasteiger charge is 2.22. The van der Waals surface area contributed by atoms with Crippen molar-refractivity contribution in [2.45, 2.75) is 38.4 Å². The van der Waals surface area contributed by atoms with Crippen LogP contribution in [0.5, 0.6) is 0 Å². The number of sulfonamides is 1. The highest BCUT2D eigenvalue weighted by Crippen LogP contribution is 2.05. The minimum absolute atomic E-state index is 0.114. The molecule has 2 atom stereocenters. The van der Waals surface area contributed by atoms with Crippen LogP contribution in [-0.2, 0) is 10.0 Å². The first-order chi connectivity index (χ1) is 7.47. The lowest BCUT2D eigenvalue weighted by Crippen LogP contribution is -2.33. The van der Waals surface area contributed by atoms with Crippen LogP contribution in [0.4, 0.5) is 0 Å². The summed E-state index contributed by atoms with van der Waals surface area (Å²) in [5.74, 6) is 0.183. The van der Waals surface area contributed by atoms with E-state index in [1.54, 1.807) is 13.0 Å². The van der Waals surface area contributed by atoms with Crippen LogP contribution in [0, 0.1) is 17.2 Å². The maximum absolute atomic E-state index is 11.5. The molecule has 0 radical (unpaired) electrons. The second-order valence-electron chi connectivity index (χ2n) is 3.90. The zero-order valence-corrected chi connectivity index (χ0v) is 10.6. The van der Waals surface area contributed by atoms with Gasteiger partial charge < -0.3 is 5.11 Å². The average molecular weight is 248 g/mol. The van der Waals surface area contributed by atoms with Gasteiger partial charge in [0.15, 0.2) is 5.25 Å². The van der Waals surface area contributed by atoms with Crippen LogP contribution in [0.25, 0.3) is 0 Å². The number of aliphatic hydroxyl groups excluding tert-OH is 1. The molecule has 2 unspecified atom stereocenters. The summed E-state index contributed by atoms with van der Waals surface area (Å²) in [6, 6.07) is 1.76. The van der Waals surface area contributed by atoms with Crippen LogP contribution in [0.3, 0.4) is 0 Å². The molecule has 0 saturated carbocycles. The summed E-state index contributed by atoms with van der Waals surface area (Å²) >= 11 is 0. The number of nitrogens with one attached hydrogen (secondary N) is 1. The highest BCUT2D eigenvalue weighted by molar-refractivity contribution is 7.90. The molecule has 0 aliphatic heterocycles. The molecule has 2 N–H and O–H groups in total. The first-order valence-corrected chi connectivity index (χ1v) is 7.01. The van der Waals surface area contributed by atoms with E-state index < -0.39 is 15.3 Å². The molecule has 5 nitrogen and oxygen atoms in total. The van der Waals surface area contributed by atoms with E-state index in [1.165, 1.54) is 0 Å². The molecule has 16 heavy (non-hydrogen) atoms. The molecular formula is C10H20N2O3S. The van der Waals surface area contributed by atoms with Crippen molar-refractivity contribution in [2.24, 2.45) is 5.92 Å². The molecule has 0 aromatic heterocycles. The molecule has 0 aliphatic rings. The Kier molecular flexibility index (Phi) is 7.30. The monoisotopic (exact) mass is 248 g/mol. The van der Waals surface area contributed by atoms with Crippen LogP contribution < -0.4 is 4.72 Å². The van der Waals surface area contributed by atoms with Crippen LogP contribution >= 0.6 is 0 Å². The molecule has 0 amide bonds. The van der Waals surface area contributed by atoms with Crippen molar-refractivity contribution in [3.8, 4) is 6.07 Å². The number of nitriles is 1. The maximum Gasteiger partial charge on any atom is 0.227 e. The van der Waals surface area contributed by atoms with Gasteiger partial charge in [0.05, 0.1) is 6.07 Å². The van der Waals surface area contributed by atoms with Gasteiger partial charge in [-0.1, -0.05) is 13.8 Å². The van der Waals surface area contributed by atoms with Gasteiger partial charge in [-0.25, -0.2) is 13.1 Å². The molecule has 94 valence electrons. The van der Waals surface area contributed by atoms with Crippen molar-refractivity contribution in [2.75, 3.05) is 13.2 Å². The van der Waals surface area contributed by atoms with Gasteiger partial charge in [-0.3, -0.25) is 0 Å². The predicted octanol–water partition coefficient (Wildman–Crippen LogP) is 0.617. The van der Waals surface area contributed by atoms with E-state index in [1.807, 2.05) is 6.92 Å². The third-order valence-corrected chi connectivity index (χ3v) is 4.17. The van der Waals surface area contributed by atoms with Crippen LogP contribution in [0.2, 0.25) is 0 Å². The minimum atomic E-state index is -3.50. The molecule has 6 heteroatoms. The van der Waals surface area contributed by atoms with Crippen molar-refractivity contribution in [3.05, 3.63) is 0 Å². The number of rotatable bonds is 8. The van der Waals surface area contributed by atoms with E-state index in [0.717, 1.165) is 6.42 Å². The molecule has 0 saturated heterocycles. The fourth-order valence-corrected chi connectivity index (χ4v) is 2.44. The van der Waals surface area contributed by atoms with E-state index in [0.29, 0.717) is 19.4 Å². The largest absolute Gasteiger partial charge is 0.396 e. The third-order valence-electron chi connectivity index (χ3n) is 2.38. The first kappa shape index (κ1) is 15.4. The Labute approximate surface area is 97.5 Å². The van der Waals surface area contributed by atoms with Crippen molar-refractivity contribution in [1.29, 1.82) is 5.26 Å². The van der Waals surface area contributed by atoms with Gasteiger partial charge in [0, 0.05) is 13.2 Å². The van der Waals surface area contributed by atoms with E-state index in [9.17, 15) is 8.42 Å². The van der Waals surface area contributed by atoms with Gasteiger partial charge in [-0.2, -0.15) is 5.26 Å². The van der Waals surface area contributed by atoms with Gasteiger partial charge in [-0.15, -0.1) is 0 Å². The lowest BCUT2D eigenvalue weighted by molar-refractivity contribution is 0.228. The molecule has 0 bridgehead atoms. The SMILES string of the molecule is CCC(C#N)S(=O)(=O)NCCCC(C)CO. The van der Waals surface area contributed by atoms with Crippen molar-refractivity contribution >= 4 is 10.0 Å². The molecule has 0 aromatic rings. The summed E-state index contributed by atoms with van der Waals surface area (Å²) in [5.41, 5.74) is 0. The van der Waals surface area contributed by atoms with Gasteiger partial charge >= 0.3 is 0 Å². The summed E-state index contributed by atoms with van der Waals surface area (Å²) < 4.78 is 25.5. The highest BCUT2D eigenvalue weighted by atomic mass is 32.2. The average Bonchev–Trinajstić information content (AvgIpc) is 2.25. The molecule has 0 aliphatic carbocycles. The van der Waals surface area contributed by atoms with E-state index in [4.69, 9.17) is 10.4 Å². The quantitative estimate of drug-likeness (QED) is 0.616. The zero-order valence-electron chi connectivity index (χ0n) is 9.81. The number of aliphatic hydroxyl groups is 1. The Hall–Kier alpha value is -0.640. The first-order valence-electron chi connectivity index (χ1n) is 5.46. The molecule has 0 rings (SSSR count). The fraction of sp³-hybridized carbons (Fsp3) is 0.900. The van der Waals surface area contributed by atoms with Gasteiger partial charge in [0.1, 0.15) is 0 Å². The van der Waals surface area contributed by atoms with Crippen LogP contribution in [0.15, 0.2) is 0 Å². The minimum Gasteiger partial charge on any atom is -0.396 e. The lowest BCUT2D eigenvalue weighted by Gasteiger charge is -2.11. The van der Waals surface area contributed by atoms with Crippen molar-refractivity contribution < 1.29 is 13.5 Å². The van der Waals surface area contributed by atoms with Crippen LogP contribution in [-0.4, -0.2) is 31.9 Å². The summed E-state index contributed by atoms with van der Waals surface area (Å²) in [6.45, 7) is 4.01. The Morgan fingerprint density at radius 2 is 2.12 bits per heavy atom. The zero-order chi connectivity index (χ0) is 12.6. The van der Waals surface area contributed by atoms with E-state index in [2.05, 4.69) is 4.72 Å². The molecule has 0 fully saturated rings. The van der Waals surface area contributed by atoms with E-state index in [-0.39, 0.29) is 12.5 Å². The summed E-state index contributed by atoms with van der Waals surface area (Å²) in [7, 11) is -3.50. The summed E-state index contributed by atoms with van der Waals surface area (Å²) in [4.78, 5) is 0. The second kappa shape index (κ2) is 7.60. The predicted molar refractivity (Wildman–Crippen MR) is 62.1 cm³/mol. The summed E-state index contributed by atoms with van der Waals surface area (Å²) in [6.07, 6.45) is 1.73. The van der Waals surface area contributed by atoms with Crippen molar-refractivity contribution in [3.63, 3.8) is 0 Å². The van der Waals surface area contributed by atoms with Gasteiger partial charge in [-0.05, 0) is 25.2 Å². The third kappa shape index (κ3) is 5.45. The summed E-state index contributed by atoms with van der Waals surface area (Å²) in [5, 5.41) is 16.4. The Bertz CT molecular complexity index is 321. The Morgan fingerprint density at radius 1 is 1.50 bits per heavy atom. The number of nitrogens with zero attached hydrogens (tertiary/aromatic N) is 1. The molecule has 0 spiro atoms. The Balaban J connectivity index is 3.97.